The molecule has 19 heavy (non-hydrogen) atoms. The quantitative estimate of drug-likeness (QED) is 0.617. The number of hydrogen-bond acceptors (Lipinski definition) is 4. The van der Waals surface area contributed by atoms with Crippen molar-refractivity contribution in [2.24, 2.45) is 0 Å². The molecule has 1 atom stereocenters. The maximum Gasteiger partial charge on any atom is 0.328 e. The fourth-order valence-corrected chi connectivity index (χ4v) is 2.50. The van der Waals surface area contributed by atoms with Gasteiger partial charge in [-0.3, -0.25) is 4.79 Å². The van der Waals surface area contributed by atoms with Crippen molar-refractivity contribution in [1.29, 1.82) is 0 Å². The summed E-state index contributed by atoms with van der Waals surface area (Å²) in [5.41, 5.74) is 1.55. The summed E-state index contributed by atoms with van der Waals surface area (Å²) < 4.78 is 5.14. The van der Waals surface area contributed by atoms with Gasteiger partial charge in [-0.2, -0.15) is 0 Å². The lowest BCUT2D eigenvalue weighted by Gasteiger charge is -2.35. The third-order valence-corrected chi connectivity index (χ3v) is 3.40. The van der Waals surface area contributed by atoms with Gasteiger partial charge in [0.05, 0.1) is 6.61 Å². The van der Waals surface area contributed by atoms with E-state index in [0.29, 0.717) is 12.2 Å². The van der Waals surface area contributed by atoms with Crippen LogP contribution in [0.4, 0.5) is 5.69 Å². The Balaban J connectivity index is 2.23. The SMILES string of the molecule is CCOC(=O)[C@@H]1CCCCN1c1cccc(C=O)c1. The first-order chi connectivity index (χ1) is 9.26. The zero-order valence-electron chi connectivity index (χ0n) is 11.2. The number of carbonyl (C=O) groups excluding carboxylic acids is 2. The van der Waals surface area contributed by atoms with Gasteiger partial charge in [0.25, 0.3) is 0 Å². The Kier molecular flexibility index (Phi) is 4.55. The molecule has 4 nitrogen and oxygen atoms in total. The van der Waals surface area contributed by atoms with Crippen molar-refractivity contribution < 1.29 is 14.3 Å². The Labute approximate surface area is 113 Å². The first-order valence-electron chi connectivity index (χ1n) is 6.74. The summed E-state index contributed by atoms with van der Waals surface area (Å²) in [6.45, 7) is 3.04. The highest BCUT2D eigenvalue weighted by Crippen LogP contribution is 2.26. The molecule has 2 rings (SSSR count). The van der Waals surface area contributed by atoms with E-state index in [0.717, 1.165) is 37.8 Å². The number of carbonyl (C=O) groups is 2. The predicted octanol–water partition coefficient (Wildman–Crippen LogP) is 2.42. The van der Waals surface area contributed by atoms with E-state index in [1.54, 1.807) is 6.07 Å². The first-order valence-corrected chi connectivity index (χ1v) is 6.74. The largest absolute Gasteiger partial charge is 0.464 e. The maximum atomic E-state index is 12.0. The van der Waals surface area contributed by atoms with Gasteiger partial charge in [0.2, 0.25) is 0 Å². The molecule has 0 radical (unpaired) electrons. The number of esters is 1. The summed E-state index contributed by atoms with van der Waals surface area (Å²) in [6.07, 6.45) is 3.73. The lowest BCUT2D eigenvalue weighted by Crippen LogP contribution is -2.45. The van der Waals surface area contributed by atoms with Crippen LogP contribution in [-0.4, -0.2) is 31.4 Å². The standard InChI is InChI=1S/C15H19NO3/c1-2-19-15(18)14-8-3-4-9-16(14)13-7-5-6-12(10-13)11-17/h5-7,10-11,14H,2-4,8-9H2,1H3/t14-/m0/s1. The van der Waals surface area contributed by atoms with Gasteiger partial charge in [-0.1, -0.05) is 12.1 Å². The number of rotatable bonds is 4. The Hall–Kier alpha value is -1.84. The van der Waals surface area contributed by atoms with E-state index in [4.69, 9.17) is 4.74 Å². The van der Waals surface area contributed by atoms with Gasteiger partial charge in [-0.05, 0) is 38.3 Å². The molecule has 1 saturated heterocycles. The molecule has 0 aliphatic carbocycles. The summed E-state index contributed by atoms with van der Waals surface area (Å²) in [6, 6.07) is 7.14. The third kappa shape index (κ3) is 3.13. The molecule has 0 bridgehead atoms. The molecule has 102 valence electrons. The summed E-state index contributed by atoms with van der Waals surface area (Å²) in [5.74, 6) is -0.168. The van der Waals surface area contributed by atoms with Crippen LogP contribution in [0.25, 0.3) is 0 Å². The van der Waals surface area contributed by atoms with Crippen molar-refractivity contribution in [2.45, 2.75) is 32.2 Å². The van der Waals surface area contributed by atoms with Crippen LogP contribution in [0, 0.1) is 0 Å². The molecule has 0 saturated carbocycles. The molecule has 1 heterocycles. The highest BCUT2D eigenvalue weighted by atomic mass is 16.5. The second-order valence-corrected chi connectivity index (χ2v) is 4.67. The Morgan fingerprint density at radius 1 is 1.47 bits per heavy atom. The Bertz CT molecular complexity index is 458. The second-order valence-electron chi connectivity index (χ2n) is 4.67. The van der Waals surface area contributed by atoms with Crippen LogP contribution < -0.4 is 4.90 Å². The van der Waals surface area contributed by atoms with Crippen LogP contribution in [0.3, 0.4) is 0 Å². The van der Waals surface area contributed by atoms with E-state index >= 15 is 0 Å². The van der Waals surface area contributed by atoms with Gasteiger partial charge < -0.3 is 9.64 Å². The van der Waals surface area contributed by atoms with Crippen LogP contribution in [-0.2, 0) is 9.53 Å². The van der Waals surface area contributed by atoms with Gasteiger partial charge in [0.1, 0.15) is 12.3 Å². The molecule has 0 spiro atoms. The average molecular weight is 261 g/mol. The van der Waals surface area contributed by atoms with Gasteiger partial charge in [0, 0.05) is 17.8 Å². The van der Waals surface area contributed by atoms with E-state index < -0.39 is 0 Å². The van der Waals surface area contributed by atoms with Gasteiger partial charge in [0.15, 0.2) is 0 Å². The minimum atomic E-state index is -0.226. The van der Waals surface area contributed by atoms with Crippen LogP contribution in [0.15, 0.2) is 24.3 Å². The average Bonchev–Trinajstić information content (AvgIpc) is 2.47. The van der Waals surface area contributed by atoms with E-state index in [9.17, 15) is 9.59 Å². The number of hydrogen-bond donors (Lipinski definition) is 0. The van der Waals surface area contributed by atoms with Crippen molar-refractivity contribution in [3.05, 3.63) is 29.8 Å². The molecular formula is C15H19NO3. The Morgan fingerprint density at radius 3 is 3.05 bits per heavy atom. The molecule has 0 N–H and O–H groups in total. The summed E-state index contributed by atoms with van der Waals surface area (Å²) in [7, 11) is 0. The zero-order chi connectivity index (χ0) is 13.7. The predicted molar refractivity (Wildman–Crippen MR) is 73.4 cm³/mol. The Morgan fingerprint density at radius 2 is 2.32 bits per heavy atom. The fraction of sp³-hybridized carbons (Fsp3) is 0.467. The highest BCUT2D eigenvalue weighted by molar-refractivity contribution is 5.82. The molecule has 4 heteroatoms. The van der Waals surface area contributed by atoms with Crippen molar-refractivity contribution in [3.63, 3.8) is 0 Å². The molecular weight excluding hydrogens is 242 g/mol. The number of benzene rings is 1. The van der Waals surface area contributed by atoms with Crippen molar-refractivity contribution in [3.8, 4) is 0 Å². The van der Waals surface area contributed by atoms with E-state index in [1.165, 1.54) is 0 Å². The lowest BCUT2D eigenvalue weighted by atomic mass is 10.0. The van der Waals surface area contributed by atoms with Gasteiger partial charge >= 0.3 is 5.97 Å². The molecule has 1 aromatic carbocycles. The molecule has 0 amide bonds. The van der Waals surface area contributed by atoms with Crippen molar-refractivity contribution in [1.82, 2.24) is 0 Å². The monoisotopic (exact) mass is 261 g/mol. The van der Waals surface area contributed by atoms with E-state index in [1.807, 2.05) is 25.1 Å². The molecule has 1 fully saturated rings. The normalized spacial score (nSPS) is 19.0. The number of anilines is 1. The van der Waals surface area contributed by atoms with E-state index in [2.05, 4.69) is 4.90 Å². The maximum absolute atomic E-state index is 12.0. The van der Waals surface area contributed by atoms with Crippen molar-refractivity contribution in [2.75, 3.05) is 18.1 Å². The number of nitrogens with zero attached hydrogens (tertiary/aromatic N) is 1. The summed E-state index contributed by atoms with van der Waals surface area (Å²) >= 11 is 0. The molecule has 1 aromatic rings. The topological polar surface area (TPSA) is 46.6 Å². The summed E-state index contributed by atoms with van der Waals surface area (Å²) in [4.78, 5) is 24.9. The second kappa shape index (κ2) is 6.36. The molecule has 1 aliphatic heterocycles. The minimum absolute atomic E-state index is 0.168. The molecule has 0 aromatic heterocycles. The first kappa shape index (κ1) is 13.6. The fourth-order valence-electron chi connectivity index (χ4n) is 2.50. The smallest absolute Gasteiger partial charge is 0.328 e. The van der Waals surface area contributed by atoms with Gasteiger partial charge in [-0.15, -0.1) is 0 Å². The number of piperidine rings is 1. The molecule has 0 unspecified atom stereocenters. The number of ether oxygens (including phenoxy) is 1. The van der Waals surface area contributed by atoms with E-state index in [-0.39, 0.29) is 12.0 Å². The zero-order valence-corrected chi connectivity index (χ0v) is 11.2. The third-order valence-electron chi connectivity index (χ3n) is 3.40. The molecule has 1 aliphatic rings. The van der Waals surface area contributed by atoms with Gasteiger partial charge in [-0.25, -0.2) is 4.79 Å². The van der Waals surface area contributed by atoms with Crippen LogP contribution in [0.5, 0.6) is 0 Å². The van der Waals surface area contributed by atoms with Crippen molar-refractivity contribution >= 4 is 17.9 Å². The van der Waals surface area contributed by atoms with Crippen LogP contribution in [0.2, 0.25) is 0 Å². The minimum Gasteiger partial charge on any atom is -0.464 e. The summed E-state index contributed by atoms with van der Waals surface area (Å²) in [5, 5.41) is 0. The van der Waals surface area contributed by atoms with Crippen LogP contribution in [0.1, 0.15) is 36.5 Å². The van der Waals surface area contributed by atoms with Crippen LogP contribution >= 0.6 is 0 Å². The lowest BCUT2D eigenvalue weighted by molar-refractivity contribution is -0.145. The number of aldehydes is 1. The highest BCUT2D eigenvalue weighted by Gasteiger charge is 2.29.